The van der Waals surface area contributed by atoms with Crippen LogP contribution >= 0.6 is 25.3 Å². The number of carbonyl (C=O) groups excluding carboxylic acids is 13. The zero-order valence-corrected chi connectivity index (χ0v) is 71.4. The van der Waals surface area contributed by atoms with Gasteiger partial charge in [0, 0.05) is 43.7 Å². The molecule has 0 bridgehead atoms. The summed E-state index contributed by atoms with van der Waals surface area (Å²) < 4.78 is 0. The van der Waals surface area contributed by atoms with Crippen LogP contribution in [0.15, 0.2) is 146 Å². The van der Waals surface area contributed by atoms with E-state index in [4.69, 9.17) is 17.2 Å². The van der Waals surface area contributed by atoms with E-state index in [1.807, 2.05) is 67.6 Å². The Morgan fingerprint density at radius 1 is 0.413 bits per heavy atom. The molecule has 20 N–H and O–H groups in total. The summed E-state index contributed by atoms with van der Waals surface area (Å²) in [5.74, 6) is -13.7. The Labute approximate surface area is 718 Å². The first kappa shape index (κ1) is 98.9. The monoisotopic (exact) mass is 1710 g/mol. The molecule has 5 aromatic carbocycles. The molecule has 32 nitrogen and oxygen atoms in total. The highest BCUT2D eigenvalue weighted by Gasteiger charge is 2.42. The van der Waals surface area contributed by atoms with Crippen molar-refractivity contribution in [2.24, 2.45) is 35.0 Å². The van der Waals surface area contributed by atoms with Gasteiger partial charge in [0.15, 0.2) is 0 Å². The van der Waals surface area contributed by atoms with E-state index < -0.39 is 186 Å². The zero-order chi connectivity index (χ0) is 88.7. The first-order valence-corrected chi connectivity index (χ1v) is 42.6. The van der Waals surface area contributed by atoms with E-state index in [0.29, 0.717) is 61.6 Å². The number of phenolic OH excluding ortho intramolecular Hbond substituents is 1. The number of carbonyl (C=O) groups is 14. The normalized spacial score (nSPS) is 15.9. The molecule has 1 aliphatic heterocycles. The fourth-order valence-corrected chi connectivity index (χ4v) is 14.2. The number of hydrogen-bond donors (Lipinski definition) is 19. The van der Waals surface area contributed by atoms with Crippen LogP contribution in [0.3, 0.4) is 0 Å². The van der Waals surface area contributed by atoms with Gasteiger partial charge >= 0.3 is 5.97 Å². The number of phenols is 1. The molecule has 0 radical (unpaired) electrons. The predicted octanol–water partition coefficient (Wildman–Crippen LogP) is 1.62. The Kier molecular flexibility index (Phi) is 42.2. The number of amides is 13. The average Bonchev–Trinajstić information content (AvgIpc) is 1.74. The number of unbranched alkanes of at least 4 members (excludes halogenated alkanes) is 2. The van der Waals surface area contributed by atoms with Crippen LogP contribution in [-0.2, 0) is 99.2 Å². The Morgan fingerprint density at radius 2 is 0.777 bits per heavy atom. The van der Waals surface area contributed by atoms with Gasteiger partial charge < -0.3 is 96.1 Å². The maximum Gasteiger partial charge on any atom is 0.327 e. The third-order valence-corrected chi connectivity index (χ3v) is 22.0. The van der Waals surface area contributed by atoms with Crippen molar-refractivity contribution in [1.82, 2.24) is 68.7 Å². The van der Waals surface area contributed by atoms with Gasteiger partial charge in [0.25, 0.3) is 0 Å². The van der Waals surface area contributed by atoms with Gasteiger partial charge in [-0.3, -0.25) is 62.3 Å². The Balaban J connectivity index is 1.14. The van der Waals surface area contributed by atoms with Crippen molar-refractivity contribution < 1.29 is 77.3 Å². The van der Waals surface area contributed by atoms with Gasteiger partial charge in [-0.1, -0.05) is 188 Å². The lowest BCUT2D eigenvalue weighted by Crippen LogP contribution is -2.62. The molecule has 6 rings (SSSR count). The predicted molar refractivity (Wildman–Crippen MR) is 464 cm³/mol. The van der Waals surface area contributed by atoms with E-state index in [9.17, 15) is 77.3 Å². The Hall–Kier alpha value is -10.9. The Bertz CT molecular complexity index is 4200. The largest absolute Gasteiger partial charge is 0.508 e. The number of thiol groups is 2. The molecule has 1 aliphatic rings. The first-order valence-electron chi connectivity index (χ1n) is 41.4. The number of nitrogens with two attached hydrogens (primary N) is 3. The van der Waals surface area contributed by atoms with Crippen LogP contribution in [0, 0.1) is 17.8 Å². The van der Waals surface area contributed by atoms with Crippen molar-refractivity contribution in [2.75, 3.05) is 37.7 Å². The van der Waals surface area contributed by atoms with Crippen LogP contribution in [0.5, 0.6) is 5.75 Å². The highest BCUT2D eigenvalue weighted by atomic mass is 32.1. The van der Waals surface area contributed by atoms with Gasteiger partial charge in [-0.15, -0.1) is 0 Å². The minimum Gasteiger partial charge on any atom is -0.508 e. The zero-order valence-electron chi connectivity index (χ0n) is 69.6. The number of hydrogen-bond acceptors (Lipinski definition) is 20. The summed E-state index contributed by atoms with van der Waals surface area (Å²) in [6.45, 7) is 10.3. The minimum absolute atomic E-state index is 0.000543. The number of nitrogens with zero attached hydrogens (tertiary/aromatic N) is 1. The lowest BCUT2D eigenvalue weighted by molar-refractivity contribution is -0.142. The van der Waals surface area contributed by atoms with Gasteiger partial charge in [-0.05, 0) is 129 Å². The molecule has 13 amide bonds. The molecule has 121 heavy (non-hydrogen) atoms. The van der Waals surface area contributed by atoms with Gasteiger partial charge in [0.1, 0.15) is 78.3 Å². The number of aromatic hydroxyl groups is 1. The van der Waals surface area contributed by atoms with Crippen molar-refractivity contribution >= 4 is 108 Å². The minimum atomic E-state index is -1.47. The number of carboxylic acids is 1. The van der Waals surface area contributed by atoms with E-state index >= 15 is 0 Å². The third-order valence-electron chi connectivity index (χ3n) is 21.3. The summed E-state index contributed by atoms with van der Waals surface area (Å²) in [5.41, 5.74) is 21.4. The summed E-state index contributed by atoms with van der Waals surface area (Å²) in [7, 11) is 0. The molecule has 1 heterocycles. The Morgan fingerprint density at radius 3 is 1.21 bits per heavy atom. The molecule has 34 heteroatoms. The SMILES string of the molecule is CC[C@H](C)[C@H](NC(=O)[C@H](CCCCN)NC(=O)[C@H](CS)NC(=O)[C@H](Cc1ccccc1)NC(=O)[C@@H](NC(=O)CNC(=O)[C@@H](NC(=O)[C@@H]1CCCN1C(=O)[C@H](Cc1ccccc1)NC(=O)[C@@H](N)Cc1ccccc1)[C@@H](C)CC)C(C)C)C(=O)N[C@@H](Cc1ccccc1)C(=O)N[C@@H](CCCCN)C(=O)N[C@@H](Cc1ccc(O)cc1)C(=O)N[C@@H](CS)C(=O)O. The molecule has 5 aromatic rings. The molecular formula is C87H122N16O16S2. The van der Waals surface area contributed by atoms with Gasteiger partial charge in [-0.2, -0.15) is 25.3 Å². The highest BCUT2D eigenvalue weighted by molar-refractivity contribution is 7.80. The number of carboxylic acid groups (broad SMARTS) is 1. The number of aliphatic carboxylic acids is 1. The van der Waals surface area contributed by atoms with Crippen molar-refractivity contribution in [1.29, 1.82) is 0 Å². The van der Waals surface area contributed by atoms with Crippen molar-refractivity contribution in [2.45, 2.75) is 216 Å². The number of rotatable bonds is 51. The van der Waals surface area contributed by atoms with Crippen LogP contribution in [-0.4, -0.2) is 214 Å². The second-order valence-corrected chi connectivity index (χ2v) is 31.7. The summed E-state index contributed by atoms with van der Waals surface area (Å²) in [6.07, 6.45) is 2.75. The van der Waals surface area contributed by atoms with Crippen LogP contribution in [0.1, 0.15) is 134 Å². The van der Waals surface area contributed by atoms with Gasteiger partial charge in [-0.25, -0.2) is 4.79 Å². The van der Waals surface area contributed by atoms with Crippen molar-refractivity contribution in [3.8, 4) is 5.75 Å². The standard InChI is InChI=1S/C87H122N16O16S2/c1-7-53(5)73(102-82(113)70-36-25-43-103(70)86(117)67(48-58-32-19-12-20-33-58)97-75(106)61(90)44-55-26-13-9-14-27-55)83(114)91-49-71(105)100-72(52(3)4)84(115)95-66(46-57-30-17-11-18-31-57)79(110)98-68(50-120)81(112)93-63(35-22-24-42-89)77(108)101-74(54(6)8-2)85(116)96-65(45-56-28-15-10-16-29-56)78(109)92-62(34-21-23-41-88)76(107)94-64(47-59-37-39-60(104)40-38-59)80(111)99-69(51-121)87(118)119/h9-20,26-33,37-40,52-54,61-70,72-74,104,120-121H,7-8,21-25,34-36,41-51,88-90H2,1-6H3,(H,91,114)(H,92,109)(H,93,112)(H,94,107)(H,95,115)(H,96,116)(H,97,106)(H,98,110)(H,99,111)(H,100,105)(H,101,108)(H,102,113)(H,118,119)/t53-,54-,61-,62-,63-,64-,65-,66-,67-,68-,69-,70-,72-,73-,74-/m0/s1. The number of nitrogens with one attached hydrogen (secondary N) is 12. The highest BCUT2D eigenvalue weighted by Crippen LogP contribution is 2.23. The smallest absolute Gasteiger partial charge is 0.327 e. The van der Waals surface area contributed by atoms with Gasteiger partial charge in [0.05, 0.1) is 12.6 Å². The summed E-state index contributed by atoms with van der Waals surface area (Å²) in [5, 5.41) is 52.3. The average molecular weight is 1710 g/mol. The first-order chi connectivity index (χ1) is 57.9. The van der Waals surface area contributed by atoms with E-state index in [1.54, 1.807) is 95.3 Å². The van der Waals surface area contributed by atoms with Crippen LogP contribution in [0.2, 0.25) is 0 Å². The fourth-order valence-electron chi connectivity index (χ4n) is 13.7. The lowest BCUT2D eigenvalue weighted by atomic mass is 9.96. The second-order valence-electron chi connectivity index (χ2n) is 30.9. The van der Waals surface area contributed by atoms with E-state index in [-0.39, 0.29) is 88.3 Å². The molecule has 1 saturated heterocycles. The van der Waals surface area contributed by atoms with E-state index in [1.165, 1.54) is 29.2 Å². The molecule has 0 spiro atoms. The van der Waals surface area contributed by atoms with Crippen LogP contribution in [0.4, 0.5) is 0 Å². The molecule has 0 aromatic heterocycles. The summed E-state index contributed by atoms with van der Waals surface area (Å²) in [6, 6.07) is 24.5. The summed E-state index contributed by atoms with van der Waals surface area (Å²) >= 11 is 8.50. The lowest BCUT2D eigenvalue weighted by Gasteiger charge is -2.31. The van der Waals surface area contributed by atoms with E-state index in [0.717, 1.165) is 11.1 Å². The van der Waals surface area contributed by atoms with Gasteiger partial charge in [0.2, 0.25) is 76.8 Å². The second kappa shape index (κ2) is 51.6. The molecular weight excluding hydrogens is 1590 g/mol. The maximum absolute atomic E-state index is 14.9. The third kappa shape index (κ3) is 32.5. The number of likely N-dealkylation sites (tertiary alicyclic amines) is 1. The molecule has 658 valence electrons. The number of benzene rings is 5. The van der Waals surface area contributed by atoms with Crippen molar-refractivity contribution in [3.05, 3.63) is 173 Å². The van der Waals surface area contributed by atoms with E-state index in [2.05, 4.69) is 89.1 Å². The van der Waals surface area contributed by atoms with Crippen molar-refractivity contribution in [3.63, 3.8) is 0 Å². The molecule has 0 unspecified atom stereocenters. The molecule has 0 aliphatic carbocycles. The quantitative estimate of drug-likeness (QED) is 0.0194. The fraction of sp³-hybridized carbons (Fsp3) is 0.494. The molecule has 15 atom stereocenters. The molecule has 0 saturated carbocycles. The molecule has 1 fully saturated rings. The van der Waals surface area contributed by atoms with Crippen LogP contribution in [0.25, 0.3) is 0 Å². The van der Waals surface area contributed by atoms with Crippen LogP contribution < -0.4 is 81.0 Å². The topological polar surface area (TPSA) is 505 Å². The maximum atomic E-state index is 14.9. The summed E-state index contributed by atoms with van der Waals surface area (Å²) in [4.78, 5) is 201.